The number of hydrogen-bond acceptors (Lipinski definition) is 3. The SMILES string of the molecule is CC(C)C[C@@H](NC(=O)[C@@H](CC(C)C)NC(=O)Cc1ccccc1)C(=O)O. The highest BCUT2D eigenvalue weighted by Crippen LogP contribution is 2.09. The molecule has 0 fully saturated rings. The van der Waals surface area contributed by atoms with Crippen LogP contribution in [0.4, 0.5) is 0 Å². The van der Waals surface area contributed by atoms with E-state index in [0.29, 0.717) is 12.8 Å². The Morgan fingerprint density at radius 3 is 1.92 bits per heavy atom. The number of rotatable bonds is 10. The zero-order valence-electron chi connectivity index (χ0n) is 16.0. The minimum absolute atomic E-state index is 0.132. The molecule has 0 heterocycles. The molecule has 0 unspecified atom stereocenters. The maximum Gasteiger partial charge on any atom is 0.326 e. The first-order valence-electron chi connectivity index (χ1n) is 9.05. The smallest absolute Gasteiger partial charge is 0.326 e. The first kappa shape index (κ1) is 21.7. The molecule has 144 valence electrons. The van der Waals surface area contributed by atoms with Crippen LogP contribution in [-0.4, -0.2) is 35.0 Å². The van der Waals surface area contributed by atoms with Gasteiger partial charge in [0.25, 0.3) is 0 Å². The standard InChI is InChI=1S/C20H30N2O4/c1-13(2)10-16(19(24)22-17(20(25)26)11-14(3)4)21-18(23)12-15-8-6-5-7-9-15/h5-9,13-14,16-17H,10-12H2,1-4H3,(H,21,23)(H,22,24)(H,25,26)/t16-,17-/m1/s1. The fourth-order valence-corrected chi connectivity index (χ4v) is 2.69. The van der Waals surface area contributed by atoms with Gasteiger partial charge in [-0.05, 0) is 30.2 Å². The van der Waals surface area contributed by atoms with Gasteiger partial charge in [0.05, 0.1) is 6.42 Å². The van der Waals surface area contributed by atoms with Crippen LogP contribution in [0.5, 0.6) is 0 Å². The molecule has 0 radical (unpaired) electrons. The van der Waals surface area contributed by atoms with Crippen LogP contribution in [0.3, 0.4) is 0 Å². The molecule has 2 atom stereocenters. The topological polar surface area (TPSA) is 95.5 Å². The summed E-state index contributed by atoms with van der Waals surface area (Å²) in [6.07, 6.45) is 0.963. The Balaban J connectivity index is 2.76. The highest BCUT2D eigenvalue weighted by Gasteiger charge is 2.27. The van der Waals surface area contributed by atoms with Crippen molar-refractivity contribution in [3.05, 3.63) is 35.9 Å². The number of carbonyl (C=O) groups is 3. The van der Waals surface area contributed by atoms with E-state index in [1.54, 1.807) is 0 Å². The predicted molar refractivity (Wildman–Crippen MR) is 101 cm³/mol. The van der Waals surface area contributed by atoms with Gasteiger partial charge in [-0.2, -0.15) is 0 Å². The summed E-state index contributed by atoms with van der Waals surface area (Å²) >= 11 is 0. The van der Waals surface area contributed by atoms with E-state index < -0.39 is 24.0 Å². The van der Waals surface area contributed by atoms with Crippen LogP contribution < -0.4 is 10.6 Å². The van der Waals surface area contributed by atoms with Gasteiger partial charge in [0, 0.05) is 0 Å². The van der Waals surface area contributed by atoms with Crippen molar-refractivity contribution >= 4 is 17.8 Å². The summed E-state index contributed by atoms with van der Waals surface area (Å²) in [5.41, 5.74) is 0.858. The molecule has 3 N–H and O–H groups in total. The van der Waals surface area contributed by atoms with Gasteiger partial charge >= 0.3 is 5.97 Å². The molecule has 0 aromatic heterocycles. The number of amides is 2. The van der Waals surface area contributed by atoms with Crippen molar-refractivity contribution in [2.45, 2.75) is 59.0 Å². The van der Waals surface area contributed by atoms with E-state index in [2.05, 4.69) is 10.6 Å². The summed E-state index contributed by atoms with van der Waals surface area (Å²) < 4.78 is 0. The first-order chi connectivity index (χ1) is 12.2. The third-order valence-electron chi connectivity index (χ3n) is 3.89. The van der Waals surface area contributed by atoms with Crippen LogP contribution in [0.25, 0.3) is 0 Å². The maximum absolute atomic E-state index is 12.6. The van der Waals surface area contributed by atoms with Crippen LogP contribution >= 0.6 is 0 Å². The van der Waals surface area contributed by atoms with Gasteiger partial charge in [0.1, 0.15) is 12.1 Å². The number of aliphatic carboxylic acids is 1. The van der Waals surface area contributed by atoms with E-state index in [-0.39, 0.29) is 24.2 Å². The van der Waals surface area contributed by atoms with E-state index in [1.807, 2.05) is 58.0 Å². The molecule has 2 amide bonds. The van der Waals surface area contributed by atoms with Crippen LogP contribution in [0.2, 0.25) is 0 Å². The number of nitrogens with one attached hydrogen (secondary N) is 2. The summed E-state index contributed by atoms with van der Waals surface area (Å²) in [4.78, 5) is 36.2. The quantitative estimate of drug-likeness (QED) is 0.595. The van der Waals surface area contributed by atoms with Crippen LogP contribution in [0.1, 0.15) is 46.1 Å². The van der Waals surface area contributed by atoms with Gasteiger partial charge < -0.3 is 15.7 Å². The fourth-order valence-electron chi connectivity index (χ4n) is 2.69. The average Bonchev–Trinajstić information content (AvgIpc) is 2.53. The fraction of sp³-hybridized carbons (Fsp3) is 0.550. The maximum atomic E-state index is 12.6. The molecule has 0 aliphatic carbocycles. The lowest BCUT2D eigenvalue weighted by Gasteiger charge is -2.23. The van der Waals surface area contributed by atoms with E-state index in [0.717, 1.165) is 5.56 Å². The molecule has 0 aliphatic heterocycles. The highest BCUT2D eigenvalue weighted by atomic mass is 16.4. The lowest BCUT2D eigenvalue weighted by Crippen LogP contribution is -2.52. The van der Waals surface area contributed by atoms with E-state index in [4.69, 9.17) is 0 Å². The number of carboxylic acids is 1. The number of carbonyl (C=O) groups excluding carboxylic acids is 2. The summed E-state index contributed by atoms with van der Waals surface area (Å²) in [6, 6.07) is 7.56. The Bertz CT molecular complexity index is 599. The zero-order valence-corrected chi connectivity index (χ0v) is 16.0. The molecule has 1 aromatic carbocycles. The number of carboxylic acid groups (broad SMARTS) is 1. The second-order valence-corrected chi connectivity index (χ2v) is 7.44. The lowest BCUT2D eigenvalue weighted by atomic mass is 10.00. The Morgan fingerprint density at radius 2 is 1.42 bits per heavy atom. The molecule has 0 saturated carbocycles. The van der Waals surface area contributed by atoms with E-state index in [9.17, 15) is 19.5 Å². The number of hydrogen-bond donors (Lipinski definition) is 3. The molecule has 26 heavy (non-hydrogen) atoms. The number of benzene rings is 1. The molecule has 1 aromatic rings. The van der Waals surface area contributed by atoms with Crippen LogP contribution in [0.15, 0.2) is 30.3 Å². The first-order valence-corrected chi connectivity index (χ1v) is 9.05. The van der Waals surface area contributed by atoms with Gasteiger partial charge in [-0.25, -0.2) is 4.79 Å². The van der Waals surface area contributed by atoms with Crippen molar-refractivity contribution < 1.29 is 19.5 Å². The monoisotopic (exact) mass is 362 g/mol. The lowest BCUT2D eigenvalue weighted by molar-refractivity contribution is -0.142. The van der Waals surface area contributed by atoms with E-state index in [1.165, 1.54) is 0 Å². The largest absolute Gasteiger partial charge is 0.480 e. The Morgan fingerprint density at radius 1 is 0.885 bits per heavy atom. The second kappa shape index (κ2) is 10.6. The van der Waals surface area contributed by atoms with Crippen molar-refractivity contribution in [3.63, 3.8) is 0 Å². The highest BCUT2D eigenvalue weighted by molar-refractivity contribution is 5.90. The summed E-state index contributed by atoms with van der Waals surface area (Å²) in [5, 5.41) is 14.6. The average molecular weight is 362 g/mol. The Hall–Kier alpha value is -2.37. The van der Waals surface area contributed by atoms with Crippen LogP contribution in [0, 0.1) is 11.8 Å². The molecular weight excluding hydrogens is 332 g/mol. The Kier molecular flexibility index (Phi) is 8.82. The van der Waals surface area contributed by atoms with Gasteiger partial charge in [-0.3, -0.25) is 9.59 Å². The summed E-state index contributed by atoms with van der Waals surface area (Å²) in [7, 11) is 0. The van der Waals surface area contributed by atoms with Crippen molar-refractivity contribution in [1.82, 2.24) is 10.6 Å². The second-order valence-electron chi connectivity index (χ2n) is 7.44. The van der Waals surface area contributed by atoms with Gasteiger partial charge in [-0.1, -0.05) is 58.0 Å². The molecule has 0 aliphatic rings. The minimum atomic E-state index is -1.06. The normalized spacial score (nSPS) is 13.3. The molecule has 6 nitrogen and oxygen atoms in total. The molecule has 6 heteroatoms. The molecule has 0 bridgehead atoms. The van der Waals surface area contributed by atoms with Gasteiger partial charge in [0.2, 0.25) is 11.8 Å². The zero-order chi connectivity index (χ0) is 19.7. The molecule has 0 spiro atoms. The van der Waals surface area contributed by atoms with Crippen LogP contribution in [-0.2, 0) is 20.8 Å². The predicted octanol–water partition coefficient (Wildman–Crippen LogP) is 2.38. The van der Waals surface area contributed by atoms with Gasteiger partial charge in [-0.15, -0.1) is 0 Å². The third kappa shape index (κ3) is 8.14. The summed E-state index contributed by atoms with van der Waals surface area (Å²) in [5.74, 6) is -1.46. The van der Waals surface area contributed by atoms with E-state index >= 15 is 0 Å². The minimum Gasteiger partial charge on any atom is -0.480 e. The van der Waals surface area contributed by atoms with Crippen molar-refractivity contribution in [3.8, 4) is 0 Å². The van der Waals surface area contributed by atoms with Gasteiger partial charge in [0.15, 0.2) is 0 Å². The molecular formula is C20H30N2O4. The molecule has 0 saturated heterocycles. The summed E-state index contributed by atoms with van der Waals surface area (Å²) in [6.45, 7) is 7.70. The third-order valence-corrected chi connectivity index (χ3v) is 3.89. The molecule has 1 rings (SSSR count). The van der Waals surface area contributed by atoms with Crippen molar-refractivity contribution in [2.75, 3.05) is 0 Å². The van der Waals surface area contributed by atoms with Crippen molar-refractivity contribution in [1.29, 1.82) is 0 Å². The Labute approximate surface area is 155 Å². The van der Waals surface area contributed by atoms with Crippen molar-refractivity contribution in [2.24, 2.45) is 11.8 Å².